The molecule has 0 heterocycles. The standard InChI is InChI=1S/C23H36O3/c1-3-4-5-6-7-8-9-10-11-12-16-19-21(23(25)26-2)22(24)20-17-14-13-15-18-20/h13-15,17-19,22,24H,3-12,16H2,1-2H3/b21-19-. The average molecular weight is 361 g/mol. The molecule has 1 unspecified atom stereocenters. The van der Waals surface area contributed by atoms with Gasteiger partial charge < -0.3 is 9.84 Å². The van der Waals surface area contributed by atoms with Crippen LogP contribution in [0.1, 0.15) is 89.2 Å². The molecule has 1 aromatic carbocycles. The van der Waals surface area contributed by atoms with E-state index in [0.29, 0.717) is 11.1 Å². The Morgan fingerprint density at radius 2 is 1.50 bits per heavy atom. The number of aliphatic hydroxyl groups is 1. The Balaban J connectivity index is 2.30. The summed E-state index contributed by atoms with van der Waals surface area (Å²) < 4.78 is 4.84. The molecule has 1 atom stereocenters. The maximum Gasteiger partial charge on any atom is 0.336 e. The van der Waals surface area contributed by atoms with Crippen LogP contribution in [0.25, 0.3) is 0 Å². The van der Waals surface area contributed by atoms with Crippen molar-refractivity contribution in [1.82, 2.24) is 0 Å². The number of unbranched alkanes of at least 4 members (excludes halogenated alkanes) is 10. The van der Waals surface area contributed by atoms with Crippen molar-refractivity contribution >= 4 is 5.97 Å². The number of rotatable bonds is 14. The summed E-state index contributed by atoms with van der Waals surface area (Å²) in [5.41, 5.74) is 1.06. The third kappa shape index (κ3) is 9.19. The molecule has 0 saturated heterocycles. The Bertz CT molecular complexity index is 507. The molecule has 1 rings (SSSR count). The fourth-order valence-electron chi connectivity index (χ4n) is 3.13. The first-order valence-corrected chi connectivity index (χ1v) is 10.2. The minimum Gasteiger partial charge on any atom is -0.466 e. The zero-order valence-electron chi connectivity index (χ0n) is 16.6. The molecule has 0 radical (unpaired) electrons. The number of esters is 1. The molecule has 0 amide bonds. The van der Waals surface area contributed by atoms with Crippen molar-refractivity contribution in [2.24, 2.45) is 0 Å². The monoisotopic (exact) mass is 360 g/mol. The minimum absolute atomic E-state index is 0.342. The van der Waals surface area contributed by atoms with Crippen LogP contribution in [0, 0.1) is 0 Å². The third-order valence-corrected chi connectivity index (χ3v) is 4.75. The van der Waals surface area contributed by atoms with Crippen LogP contribution in [0.15, 0.2) is 42.0 Å². The van der Waals surface area contributed by atoms with Crippen molar-refractivity contribution in [1.29, 1.82) is 0 Å². The Hall–Kier alpha value is -1.61. The van der Waals surface area contributed by atoms with Crippen LogP contribution in [0.2, 0.25) is 0 Å². The van der Waals surface area contributed by atoms with Gasteiger partial charge in [-0.3, -0.25) is 0 Å². The number of methoxy groups -OCH3 is 1. The Morgan fingerprint density at radius 1 is 0.962 bits per heavy atom. The van der Waals surface area contributed by atoms with Gasteiger partial charge in [-0.05, 0) is 18.4 Å². The molecule has 1 N–H and O–H groups in total. The zero-order valence-corrected chi connectivity index (χ0v) is 16.6. The largest absolute Gasteiger partial charge is 0.466 e. The van der Waals surface area contributed by atoms with Gasteiger partial charge >= 0.3 is 5.97 Å². The van der Waals surface area contributed by atoms with Gasteiger partial charge in [0.1, 0.15) is 6.10 Å². The Morgan fingerprint density at radius 3 is 2.04 bits per heavy atom. The number of allylic oxidation sites excluding steroid dienone is 1. The lowest BCUT2D eigenvalue weighted by molar-refractivity contribution is -0.137. The van der Waals surface area contributed by atoms with Gasteiger partial charge in [-0.25, -0.2) is 4.79 Å². The second-order valence-corrected chi connectivity index (χ2v) is 6.93. The van der Waals surface area contributed by atoms with Crippen LogP contribution in [-0.4, -0.2) is 18.2 Å². The van der Waals surface area contributed by atoms with Crippen LogP contribution in [0.5, 0.6) is 0 Å². The molecule has 146 valence electrons. The zero-order chi connectivity index (χ0) is 19.0. The van der Waals surface area contributed by atoms with Gasteiger partial charge in [0, 0.05) is 0 Å². The lowest BCUT2D eigenvalue weighted by Gasteiger charge is -2.14. The fraction of sp³-hybridized carbons (Fsp3) is 0.609. The van der Waals surface area contributed by atoms with Crippen molar-refractivity contribution in [2.45, 2.75) is 83.7 Å². The summed E-state index contributed by atoms with van der Waals surface area (Å²) in [5, 5.41) is 10.5. The average Bonchev–Trinajstić information content (AvgIpc) is 2.68. The van der Waals surface area contributed by atoms with E-state index in [1.165, 1.54) is 64.9 Å². The summed E-state index contributed by atoms with van der Waals surface area (Å²) in [6.45, 7) is 2.25. The first-order valence-electron chi connectivity index (χ1n) is 10.2. The molecule has 1 aromatic rings. The van der Waals surface area contributed by atoms with Crippen LogP contribution in [0.4, 0.5) is 0 Å². The van der Waals surface area contributed by atoms with Crippen LogP contribution in [-0.2, 0) is 9.53 Å². The summed E-state index contributed by atoms with van der Waals surface area (Å²) in [4.78, 5) is 12.0. The maximum absolute atomic E-state index is 12.0. The van der Waals surface area contributed by atoms with Crippen molar-refractivity contribution in [3.63, 3.8) is 0 Å². The highest BCUT2D eigenvalue weighted by Gasteiger charge is 2.20. The number of aliphatic hydroxyl groups excluding tert-OH is 1. The molecule has 3 nitrogen and oxygen atoms in total. The highest BCUT2D eigenvalue weighted by atomic mass is 16.5. The molecule has 0 saturated carbocycles. The van der Waals surface area contributed by atoms with Crippen molar-refractivity contribution in [2.75, 3.05) is 7.11 Å². The van der Waals surface area contributed by atoms with E-state index in [2.05, 4.69) is 6.92 Å². The van der Waals surface area contributed by atoms with Crippen LogP contribution >= 0.6 is 0 Å². The summed E-state index contributed by atoms with van der Waals surface area (Å²) in [7, 11) is 1.36. The molecule has 0 aromatic heterocycles. The van der Waals surface area contributed by atoms with Gasteiger partial charge in [-0.2, -0.15) is 0 Å². The van der Waals surface area contributed by atoms with Gasteiger partial charge in [-0.1, -0.05) is 101 Å². The van der Waals surface area contributed by atoms with Gasteiger partial charge in [0.2, 0.25) is 0 Å². The minimum atomic E-state index is -0.924. The summed E-state index contributed by atoms with van der Waals surface area (Å²) in [5.74, 6) is -0.451. The Labute approximate surface area is 159 Å². The van der Waals surface area contributed by atoms with Gasteiger partial charge in [0.25, 0.3) is 0 Å². The lowest BCUT2D eigenvalue weighted by Crippen LogP contribution is -2.13. The molecule has 0 aliphatic rings. The van der Waals surface area contributed by atoms with Gasteiger partial charge in [-0.15, -0.1) is 0 Å². The van der Waals surface area contributed by atoms with E-state index in [9.17, 15) is 9.90 Å². The van der Waals surface area contributed by atoms with E-state index in [0.717, 1.165) is 12.8 Å². The first kappa shape index (κ1) is 22.4. The topological polar surface area (TPSA) is 46.5 Å². The number of hydrogen-bond acceptors (Lipinski definition) is 3. The maximum atomic E-state index is 12.0. The molecule has 3 heteroatoms. The lowest BCUT2D eigenvalue weighted by atomic mass is 9.99. The van der Waals surface area contributed by atoms with E-state index in [4.69, 9.17) is 4.74 Å². The second kappa shape index (κ2) is 14.5. The van der Waals surface area contributed by atoms with Crippen molar-refractivity contribution < 1.29 is 14.6 Å². The van der Waals surface area contributed by atoms with E-state index in [1.54, 1.807) is 0 Å². The highest BCUT2D eigenvalue weighted by Crippen LogP contribution is 2.23. The second-order valence-electron chi connectivity index (χ2n) is 6.93. The molecule has 0 fully saturated rings. The van der Waals surface area contributed by atoms with Crippen molar-refractivity contribution in [3.05, 3.63) is 47.5 Å². The van der Waals surface area contributed by atoms with Gasteiger partial charge in [0.05, 0.1) is 12.7 Å². The number of carbonyl (C=O) groups excluding carboxylic acids is 1. The normalized spacial score (nSPS) is 12.8. The van der Waals surface area contributed by atoms with E-state index in [1.807, 2.05) is 36.4 Å². The van der Waals surface area contributed by atoms with E-state index >= 15 is 0 Å². The summed E-state index contributed by atoms with van der Waals surface area (Å²) >= 11 is 0. The predicted octanol–water partition coefficient (Wildman–Crippen LogP) is 6.13. The quantitative estimate of drug-likeness (QED) is 0.246. The van der Waals surface area contributed by atoms with E-state index in [-0.39, 0.29) is 0 Å². The van der Waals surface area contributed by atoms with E-state index < -0.39 is 12.1 Å². The fourth-order valence-corrected chi connectivity index (χ4v) is 3.13. The summed E-state index contributed by atoms with van der Waals surface area (Å²) in [6.07, 6.45) is 14.6. The number of benzene rings is 1. The number of hydrogen-bond donors (Lipinski definition) is 1. The smallest absolute Gasteiger partial charge is 0.336 e. The first-order chi connectivity index (χ1) is 12.7. The Kier molecular flexibility index (Phi) is 12.6. The van der Waals surface area contributed by atoms with Crippen LogP contribution in [0.3, 0.4) is 0 Å². The third-order valence-electron chi connectivity index (χ3n) is 4.75. The molecule has 0 aliphatic heterocycles. The SMILES string of the molecule is CCCCCCCCCCCC/C=C(\C(=O)OC)C(O)c1ccccc1. The molecule has 0 aliphatic carbocycles. The van der Waals surface area contributed by atoms with Gasteiger partial charge in [0.15, 0.2) is 0 Å². The highest BCUT2D eigenvalue weighted by molar-refractivity contribution is 5.89. The summed E-state index contributed by atoms with van der Waals surface area (Å²) in [6, 6.07) is 9.25. The predicted molar refractivity (Wildman–Crippen MR) is 108 cm³/mol. The molecular weight excluding hydrogens is 324 g/mol. The van der Waals surface area contributed by atoms with Crippen molar-refractivity contribution in [3.8, 4) is 0 Å². The molecule has 0 spiro atoms. The van der Waals surface area contributed by atoms with Crippen LogP contribution < -0.4 is 0 Å². The molecular formula is C23H36O3. The molecule has 0 bridgehead atoms. The molecule has 26 heavy (non-hydrogen) atoms. The number of ether oxygens (including phenoxy) is 1. The number of carbonyl (C=O) groups is 1.